The Hall–Kier alpha value is -6.70. The molecule has 0 saturated carbocycles. The summed E-state index contributed by atoms with van der Waals surface area (Å²) in [6, 6.07) is 75.6. The molecular weight excluding hydrogens is 639 g/mol. The predicted octanol–water partition coefficient (Wildman–Crippen LogP) is 14.1. The zero-order chi connectivity index (χ0) is 35.4. The SMILES string of the molecule is CC1(c2ccccc2)c2ccccc2-c2cc3ccc4cccc(N(c5cccc(-c6ccccc6)c5)c5ccccc5-c5ccccc5)c4c3cc21. The molecule has 0 aliphatic heterocycles. The lowest BCUT2D eigenvalue weighted by Gasteiger charge is -2.30. The van der Waals surface area contributed by atoms with Gasteiger partial charge in [-0.15, -0.1) is 0 Å². The van der Waals surface area contributed by atoms with Crippen LogP contribution >= 0.6 is 0 Å². The minimum Gasteiger partial charge on any atom is -0.309 e. The standard InChI is InChI=1S/C52H37N/c1-52(41-23-9-4-10-24-41)47-28-13-11-27-44(47)46-34-40-32-31-38-21-16-30-50(51(38)45(40)35-48(46)52)53(42-25-15-22-39(33-42)36-17-5-2-6-18-36)49-29-14-12-26-43(49)37-19-7-3-8-20-37/h2-35H,1H3. The number of para-hydroxylation sites is 1. The molecule has 0 heterocycles. The molecule has 9 aromatic carbocycles. The van der Waals surface area contributed by atoms with Gasteiger partial charge in [-0.1, -0.05) is 170 Å². The van der Waals surface area contributed by atoms with E-state index in [2.05, 4.69) is 218 Å². The zero-order valence-corrected chi connectivity index (χ0v) is 29.6. The third kappa shape index (κ3) is 5.00. The van der Waals surface area contributed by atoms with E-state index in [1.165, 1.54) is 71.6 Å². The molecule has 0 aromatic heterocycles. The van der Waals surface area contributed by atoms with Gasteiger partial charge in [0.1, 0.15) is 0 Å². The molecule has 1 atom stereocenters. The smallest absolute Gasteiger partial charge is 0.0546 e. The molecule has 0 spiro atoms. The Labute approximate surface area is 311 Å². The van der Waals surface area contributed by atoms with Crippen LogP contribution < -0.4 is 4.90 Å². The van der Waals surface area contributed by atoms with Crippen LogP contribution in [0.3, 0.4) is 0 Å². The van der Waals surface area contributed by atoms with E-state index in [1.54, 1.807) is 0 Å². The molecule has 0 amide bonds. The molecule has 1 aliphatic rings. The van der Waals surface area contributed by atoms with Gasteiger partial charge in [0.15, 0.2) is 0 Å². The summed E-state index contributed by atoms with van der Waals surface area (Å²) in [4.78, 5) is 2.48. The van der Waals surface area contributed by atoms with Gasteiger partial charge < -0.3 is 4.90 Å². The normalized spacial score (nSPS) is 14.6. The van der Waals surface area contributed by atoms with Crippen molar-refractivity contribution in [3.05, 3.63) is 223 Å². The second kappa shape index (κ2) is 12.5. The van der Waals surface area contributed by atoms with Crippen molar-refractivity contribution in [1.29, 1.82) is 0 Å². The maximum Gasteiger partial charge on any atom is 0.0546 e. The third-order valence-corrected chi connectivity index (χ3v) is 11.3. The Kier molecular flexibility index (Phi) is 7.33. The molecule has 1 heteroatoms. The highest BCUT2D eigenvalue weighted by Crippen LogP contribution is 2.54. The van der Waals surface area contributed by atoms with Gasteiger partial charge in [0.05, 0.1) is 11.4 Å². The Bertz CT molecular complexity index is 2790. The first-order valence-electron chi connectivity index (χ1n) is 18.4. The Morgan fingerprint density at radius 1 is 0.377 bits per heavy atom. The number of rotatable bonds is 6. The van der Waals surface area contributed by atoms with Gasteiger partial charge in [-0.2, -0.15) is 0 Å². The molecule has 1 aliphatic carbocycles. The first kappa shape index (κ1) is 31.1. The van der Waals surface area contributed by atoms with E-state index < -0.39 is 0 Å². The van der Waals surface area contributed by atoms with Crippen molar-refractivity contribution in [3.8, 4) is 33.4 Å². The van der Waals surface area contributed by atoms with Gasteiger partial charge in [0, 0.05) is 22.1 Å². The topological polar surface area (TPSA) is 3.24 Å². The second-order valence-corrected chi connectivity index (χ2v) is 14.2. The first-order chi connectivity index (χ1) is 26.2. The predicted molar refractivity (Wildman–Crippen MR) is 224 cm³/mol. The molecule has 0 saturated heterocycles. The lowest BCUT2D eigenvalue weighted by molar-refractivity contribution is 0.715. The summed E-state index contributed by atoms with van der Waals surface area (Å²) < 4.78 is 0. The van der Waals surface area contributed by atoms with Crippen molar-refractivity contribution in [2.45, 2.75) is 12.3 Å². The summed E-state index contributed by atoms with van der Waals surface area (Å²) in [6.07, 6.45) is 0. The van der Waals surface area contributed by atoms with E-state index in [4.69, 9.17) is 0 Å². The van der Waals surface area contributed by atoms with Gasteiger partial charge in [-0.05, 0) is 104 Å². The van der Waals surface area contributed by atoms with Gasteiger partial charge in [-0.25, -0.2) is 0 Å². The van der Waals surface area contributed by atoms with Gasteiger partial charge in [0.25, 0.3) is 0 Å². The summed E-state index contributed by atoms with van der Waals surface area (Å²) in [5, 5.41) is 4.96. The molecule has 53 heavy (non-hydrogen) atoms. The Morgan fingerprint density at radius 3 is 1.77 bits per heavy atom. The van der Waals surface area contributed by atoms with Gasteiger partial charge >= 0.3 is 0 Å². The molecule has 0 bridgehead atoms. The van der Waals surface area contributed by atoms with Gasteiger partial charge in [0.2, 0.25) is 0 Å². The van der Waals surface area contributed by atoms with Crippen LogP contribution in [-0.4, -0.2) is 0 Å². The monoisotopic (exact) mass is 675 g/mol. The first-order valence-corrected chi connectivity index (χ1v) is 18.4. The molecule has 1 unspecified atom stereocenters. The van der Waals surface area contributed by atoms with Crippen molar-refractivity contribution in [3.63, 3.8) is 0 Å². The number of anilines is 3. The number of nitrogens with zero attached hydrogens (tertiary/aromatic N) is 1. The molecule has 1 nitrogen and oxygen atoms in total. The molecule has 0 fully saturated rings. The van der Waals surface area contributed by atoms with Crippen molar-refractivity contribution in [2.24, 2.45) is 0 Å². The fraction of sp³-hybridized carbons (Fsp3) is 0.0385. The maximum atomic E-state index is 2.51. The molecule has 0 radical (unpaired) electrons. The number of hydrogen-bond donors (Lipinski definition) is 0. The molecule has 0 N–H and O–H groups in total. The number of benzene rings is 9. The summed E-state index contributed by atoms with van der Waals surface area (Å²) in [5.41, 5.74) is 14.5. The van der Waals surface area contributed by atoms with Crippen molar-refractivity contribution in [1.82, 2.24) is 0 Å². The van der Waals surface area contributed by atoms with Crippen LogP contribution in [0.5, 0.6) is 0 Å². The van der Waals surface area contributed by atoms with Crippen LogP contribution in [0.1, 0.15) is 23.6 Å². The van der Waals surface area contributed by atoms with Crippen LogP contribution in [0.15, 0.2) is 206 Å². The average Bonchev–Trinajstić information content (AvgIpc) is 3.49. The summed E-state index contributed by atoms with van der Waals surface area (Å²) in [7, 11) is 0. The summed E-state index contributed by atoms with van der Waals surface area (Å²) in [5.74, 6) is 0. The Morgan fingerprint density at radius 2 is 0.981 bits per heavy atom. The lowest BCUT2D eigenvalue weighted by atomic mass is 9.74. The fourth-order valence-corrected chi connectivity index (χ4v) is 8.74. The quantitative estimate of drug-likeness (QED) is 0.159. The molecular formula is C52H37N. The van der Waals surface area contributed by atoms with E-state index in [-0.39, 0.29) is 5.41 Å². The third-order valence-electron chi connectivity index (χ3n) is 11.3. The second-order valence-electron chi connectivity index (χ2n) is 14.2. The highest BCUT2D eigenvalue weighted by Gasteiger charge is 2.41. The molecule has 250 valence electrons. The van der Waals surface area contributed by atoms with E-state index >= 15 is 0 Å². The number of fused-ring (bicyclic) bond motifs is 6. The Balaban J connectivity index is 1.28. The van der Waals surface area contributed by atoms with E-state index in [1.807, 2.05) is 0 Å². The summed E-state index contributed by atoms with van der Waals surface area (Å²) >= 11 is 0. The van der Waals surface area contributed by atoms with Crippen LogP contribution in [0.4, 0.5) is 17.1 Å². The van der Waals surface area contributed by atoms with E-state index in [0.717, 1.165) is 17.1 Å². The highest BCUT2D eigenvalue weighted by molar-refractivity contribution is 6.17. The van der Waals surface area contributed by atoms with E-state index in [9.17, 15) is 0 Å². The van der Waals surface area contributed by atoms with Crippen molar-refractivity contribution >= 4 is 38.6 Å². The van der Waals surface area contributed by atoms with Crippen LogP contribution in [0.25, 0.3) is 54.9 Å². The minimum absolute atomic E-state index is 0.290. The van der Waals surface area contributed by atoms with Crippen LogP contribution in [-0.2, 0) is 5.41 Å². The highest BCUT2D eigenvalue weighted by atomic mass is 15.1. The minimum atomic E-state index is -0.290. The molecule has 9 aromatic rings. The lowest BCUT2D eigenvalue weighted by Crippen LogP contribution is -2.22. The number of hydrogen-bond acceptors (Lipinski definition) is 1. The summed E-state index contributed by atoms with van der Waals surface area (Å²) in [6.45, 7) is 2.41. The van der Waals surface area contributed by atoms with E-state index in [0.29, 0.717) is 0 Å². The van der Waals surface area contributed by atoms with Gasteiger partial charge in [-0.3, -0.25) is 0 Å². The van der Waals surface area contributed by atoms with Crippen molar-refractivity contribution < 1.29 is 0 Å². The van der Waals surface area contributed by atoms with Crippen LogP contribution in [0.2, 0.25) is 0 Å². The van der Waals surface area contributed by atoms with Crippen LogP contribution in [0, 0.1) is 0 Å². The fourth-order valence-electron chi connectivity index (χ4n) is 8.74. The average molecular weight is 676 g/mol. The largest absolute Gasteiger partial charge is 0.309 e. The van der Waals surface area contributed by atoms with Crippen molar-refractivity contribution in [2.75, 3.05) is 4.90 Å². The zero-order valence-electron chi connectivity index (χ0n) is 29.6. The maximum absolute atomic E-state index is 2.51. The molecule has 10 rings (SSSR count).